The van der Waals surface area contributed by atoms with Crippen molar-refractivity contribution in [3.63, 3.8) is 0 Å². The van der Waals surface area contributed by atoms with Crippen LogP contribution in [-0.4, -0.2) is 38.3 Å². The molecule has 3 aromatic rings. The van der Waals surface area contributed by atoms with E-state index in [9.17, 15) is 34.8 Å². The number of carboxylic acid groups (broad SMARTS) is 1. The van der Waals surface area contributed by atoms with Crippen molar-refractivity contribution >= 4 is 17.9 Å². The Labute approximate surface area is 226 Å². The molecule has 0 heterocycles. The lowest BCUT2D eigenvalue weighted by molar-refractivity contribution is 0.0689. The number of esters is 2. The molecule has 4 N–H and O–H groups in total. The van der Waals surface area contributed by atoms with Gasteiger partial charge in [0.25, 0.3) is 0 Å². The number of aryl methyl sites for hydroxylation is 1. The van der Waals surface area contributed by atoms with Gasteiger partial charge in [-0.05, 0) is 107 Å². The van der Waals surface area contributed by atoms with Crippen LogP contribution < -0.4 is 9.47 Å². The van der Waals surface area contributed by atoms with Crippen LogP contribution in [0.25, 0.3) is 0 Å². The Bertz CT molecular complexity index is 1520. The Kier molecular flexibility index (Phi) is 7.68. The van der Waals surface area contributed by atoms with Crippen molar-refractivity contribution < 1.29 is 44.3 Å². The molecule has 9 heteroatoms. The molecule has 0 aliphatic carbocycles. The van der Waals surface area contributed by atoms with E-state index in [4.69, 9.17) is 9.47 Å². The highest BCUT2D eigenvalue weighted by atomic mass is 16.5. The summed E-state index contributed by atoms with van der Waals surface area (Å²) >= 11 is 0. The highest BCUT2D eigenvalue weighted by Gasteiger charge is 2.28. The molecular formula is C30H32O9. The molecule has 0 radical (unpaired) electrons. The first-order valence-corrected chi connectivity index (χ1v) is 12.2. The predicted octanol–water partition coefficient (Wildman–Crippen LogP) is 5.72. The van der Waals surface area contributed by atoms with Crippen molar-refractivity contribution in [2.24, 2.45) is 0 Å². The molecule has 0 fully saturated rings. The Morgan fingerprint density at radius 3 is 1.38 bits per heavy atom. The van der Waals surface area contributed by atoms with Gasteiger partial charge in [0.05, 0.1) is 5.56 Å². The average molecular weight is 537 g/mol. The summed E-state index contributed by atoms with van der Waals surface area (Å²) in [6.45, 7) is 14.4. The van der Waals surface area contributed by atoms with E-state index >= 15 is 0 Å². The summed E-state index contributed by atoms with van der Waals surface area (Å²) in [7, 11) is 0. The fourth-order valence-electron chi connectivity index (χ4n) is 4.69. The Morgan fingerprint density at radius 2 is 0.923 bits per heavy atom. The first-order valence-electron chi connectivity index (χ1n) is 12.2. The van der Waals surface area contributed by atoms with Gasteiger partial charge >= 0.3 is 17.9 Å². The molecular weight excluding hydrogens is 504 g/mol. The van der Waals surface area contributed by atoms with Gasteiger partial charge < -0.3 is 29.9 Å². The Hall–Kier alpha value is -4.53. The minimum atomic E-state index is -1.29. The second-order valence-electron chi connectivity index (χ2n) is 9.78. The van der Waals surface area contributed by atoms with Crippen molar-refractivity contribution in [1.82, 2.24) is 0 Å². The van der Waals surface area contributed by atoms with Gasteiger partial charge in [0.15, 0.2) is 0 Å². The number of hydrogen-bond donors (Lipinski definition) is 4. The van der Waals surface area contributed by atoms with Gasteiger partial charge in [-0.1, -0.05) is 0 Å². The largest absolute Gasteiger partial charge is 0.508 e. The number of aromatic hydroxyl groups is 3. The zero-order valence-electron chi connectivity index (χ0n) is 23.4. The number of hydrogen-bond acceptors (Lipinski definition) is 8. The van der Waals surface area contributed by atoms with Crippen molar-refractivity contribution in [1.29, 1.82) is 0 Å². The number of carboxylic acids is 1. The van der Waals surface area contributed by atoms with Gasteiger partial charge in [-0.15, -0.1) is 0 Å². The summed E-state index contributed by atoms with van der Waals surface area (Å²) in [5, 5.41) is 40.3. The number of carbonyl (C=O) groups is 3. The fraction of sp³-hybridized carbons (Fsp3) is 0.300. The third kappa shape index (κ3) is 4.76. The van der Waals surface area contributed by atoms with Gasteiger partial charge in [-0.25, -0.2) is 14.4 Å². The van der Waals surface area contributed by atoms with E-state index in [2.05, 4.69) is 0 Å². The molecule has 0 aliphatic rings. The lowest BCUT2D eigenvalue weighted by atomic mass is 9.92. The van der Waals surface area contributed by atoms with Crippen LogP contribution in [0.4, 0.5) is 0 Å². The molecule has 0 spiro atoms. The number of carbonyl (C=O) groups excluding carboxylic acids is 2. The molecule has 3 aromatic carbocycles. The fourth-order valence-corrected chi connectivity index (χ4v) is 4.69. The molecule has 0 bridgehead atoms. The van der Waals surface area contributed by atoms with Gasteiger partial charge in [0, 0.05) is 11.1 Å². The maximum absolute atomic E-state index is 13.4. The minimum Gasteiger partial charge on any atom is -0.508 e. The SMILES string of the molecule is Cc1cc(O)c(C)c(O)c1C(=O)Oc1c(C)c(C)c(C(=O)Oc2c(C)c(C)c(C(=O)O)c(O)c2C)c(C)c1C. The molecule has 0 atom stereocenters. The molecule has 0 aromatic heterocycles. The number of benzene rings is 3. The lowest BCUT2D eigenvalue weighted by Crippen LogP contribution is -2.18. The van der Waals surface area contributed by atoms with Gasteiger partial charge in [0.1, 0.15) is 39.9 Å². The molecule has 39 heavy (non-hydrogen) atoms. The van der Waals surface area contributed by atoms with Crippen LogP contribution in [0.1, 0.15) is 81.1 Å². The Morgan fingerprint density at radius 1 is 0.538 bits per heavy atom. The standard InChI is InChI=1S/C30H32O9/c1-11-10-20(31)18(8)24(32)21(11)29(36)38-26-15(5)12(2)22(13(3)16(26)6)30(37)39-27-17(7)14(4)23(28(34)35)25(33)19(27)9/h10,31-33H,1-9H3,(H,34,35). The number of ether oxygens (including phenoxy) is 2. The van der Waals surface area contributed by atoms with Crippen LogP contribution in [0.3, 0.4) is 0 Å². The predicted molar refractivity (Wildman–Crippen MR) is 144 cm³/mol. The summed E-state index contributed by atoms with van der Waals surface area (Å²) in [6.07, 6.45) is 0. The van der Waals surface area contributed by atoms with E-state index in [1.165, 1.54) is 26.8 Å². The number of aromatic carboxylic acids is 1. The van der Waals surface area contributed by atoms with E-state index in [0.29, 0.717) is 33.4 Å². The van der Waals surface area contributed by atoms with Gasteiger partial charge in [0.2, 0.25) is 0 Å². The van der Waals surface area contributed by atoms with Crippen molar-refractivity contribution in [3.8, 4) is 28.7 Å². The number of rotatable bonds is 5. The summed E-state index contributed by atoms with van der Waals surface area (Å²) in [6, 6.07) is 1.37. The van der Waals surface area contributed by atoms with Crippen molar-refractivity contribution in [3.05, 3.63) is 72.8 Å². The second-order valence-corrected chi connectivity index (χ2v) is 9.78. The highest BCUT2D eigenvalue weighted by Crippen LogP contribution is 2.40. The molecule has 206 valence electrons. The number of phenols is 3. The van der Waals surface area contributed by atoms with E-state index in [1.807, 2.05) is 0 Å². The summed E-state index contributed by atoms with van der Waals surface area (Å²) in [5.74, 6) is -3.52. The van der Waals surface area contributed by atoms with E-state index in [0.717, 1.165) is 0 Å². The van der Waals surface area contributed by atoms with Crippen LogP contribution in [-0.2, 0) is 0 Å². The average Bonchev–Trinajstić information content (AvgIpc) is 2.85. The van der Waals surface area contributed by atoms with Gasteiger partial charge in [-0.3, -0.25) is 0 Å². The molecule has 9 nitrogen and oxygen atoms in total. The van der Waals surface area contributed by atoms with Gasteiger partial charge in [-0.2, -0.15) is 0 Å². The quantitative estimate of drug-likeness (QED) is 0.237. The maximum Gasteiger partial charge on any atom is 0.347 e. The lowest BCUT2D eigenvalue weighted by Gasteiger charge is -2.21. The van der Waals surface area contributed by atoms with Crippen LogP contribution in [0.2, 0.25) is 0 Å². The van der Waals surface area contributed by atoms with Crippen molar-refractivity contribution in [2.75, 3.05) is 0 Å². The monoisotopic (exact) mass is 536 g/mol. The molecule has 0 amide bonds. The number of phenolic OH excluding ortho intramolecular Hbond substituents is 2. The summed E-state index contributed by atoms with van der Waals surface area (Å²) in [5.41, 5.74) is 3.19. The van der Waals surface area contributed by atoms with Crippen LogP contribution >= 0.6 is 0 Å². The summed E-state index contributed by atoms with van der Waals surface area (Å²) in [4.78, 5) is 38.1. The zero-order valence-corrected chi connectivity index (χ0v) is 23.4. The van der Waals surface area contributed by atoms with E-state index in [1.54, 1.807) is 41.5 Å². The highest BCUT2D eigenvalue weighted by molar-refractivity contribution is 5.99. The summed E-state index contributed by atoms with van der Waals surface area (Å²) < 4.78 is 11.4. The molecule has 0 saturated carbocycles. The molecule has 0 aliphatic heterocycles. The second kappa shape index (κ2) is 10.3. The normalized spacial score (nSPS) is 10.9. The van der Waals surface area contributed by atoms with Crippen LogP contribution in [0.5, 0.6) is 28.7 Å². The smallest absolute Gasteiger partial charge is 0.347 e. The van der Waals surface area contributed by atoms with Crippen molar-refractivity contribution in [2.45, 2.75) is 62.3 Å². The zero-order chi connectivity index (χ0) is 29.7. The topological polar surface area (TPSA) is 151 Å². The third-order valence-corrected chi connectivity index (χ3v) is 7.50. The van der Waals surface area contributed by atoms with E-state index in [-0.39, 0.29) is 56.4 Å². The minimum absolute atomic E-state index is 0.0678. The first-order chi connectivity index (χ1) is 18.0. The van der Waals surface area contributed by atoms with Crippen LogP contribution in [0.15, 0.2) is 6.07 Å². The third-order valence-electron chi connectivity index (χ3n) is 7.50. The maximum atomic E-state index is 13.4. The molecule has 0 saturated heterocycles. The first kappa shape index (κ1) is 29.0. The molecule has 3 rings (SSSR count). The molecule has 0 unspecified atom stereocenters. The van der Waals surface area contributed by atoms with E-state index < -0.39 is 23.7 Å². The van der Waals surface area contributed by atoms with Crippen LogP contribution in [0, 0.1) is 62.3 Å². The Balaban J connectivity index is 2.07.